The average molecular weight is 191 g/mol. The van der Waals surface area contributed by atoms with Crippen LogP contribution >= 0.6 is 0 Å². The molecule has 2 heterocycles. The second-order valence-corrected chi connectivity index (χ2v) is 3.22. The summed E-state index contributed by atoms with van der Waals surface area (Å²) in [6.45, 7) is 1.94. The number of nitrogens with zero attached hydrogens (tertiary/aromatic N) is 2. The maximum atomic E-state index is 11.5. The molecule has 3 N–H and O–H groups in total. The van der Waals surface area contributed by atoms with E-state index in [0.29, 0.717) is 11.0 Å². The van der Waals surface area contributed by atoms with Gasteiger partial charge in [-0.1, -0.05) is 0 Å². The van der Waals surface area contributed by atoms with Gasteiger partial charge in [-0.3, -0.25) is 9.78 Å². The molecule has 0 fully saturated rings. The average Bonchev–Trinajstić information content (AvgIpc) is 2.12. The first kappa shape index (κ1) is 8.68. The number of rotatable bonds is 0. The molecule has 0 radical (unpaired) electrons. The highest BCUT2D eigenvalue weighted by atomic mass is 16.1. The van der Waals surface area contributed by atoms with E-state index in [0.717, 1.165) is 5.69 Å². The van der Waals surface area contributed by atoms with Crippen molar-refractivity contribution in [2.45, 2.75) is 6.92 Å². The molecule has 5 heteroatoms. The monoisotopic (exact) mass is 191 g/mol. The zero-order valence-corrected chi connectivity index (χ0v) is 8.03. The number of hydrogen-bond donors (Lipinski definition) is 2. The van der Waals surface area contributed by atoms with E-state index < -0.39 is 0 Å². The first-order valence-corrected chi connectivity index (χ1v) is 4.25. The van der Waals surface area contributed by atoms with Crippen molar-refractivity contribution in [3.63, 3.8) is 0 Å². The summed E-state index contributed by atoms with van der Waals surface area (Å²) in [5.74, 6) is 0.142. The number of H-pyrrole nitrogens is 1. The Balaban J connectivity index is 3.03. The molecule has 0 unspecified atom stereocenters. The molecule has 2 aromatic heterocycles. The highest BCUT2D eigenvalue weighted by Gasteiger charge is 2.13. The van der Waals surface area contributed by atoms with Crippen LogP contribution in [-0.4, -0.2) is 9.97 Å². The third kappa shape index (κ3) is 1.14. The Morgan fingerprint density at radius 3 is 2.93 bits per heavy atom. The Morgan fingerprint density at radius 1 is 1.50 bits per heavy atom. The van der Waals surface area contributed by atoms with Gasteiger partial charge in [0, 0.05) is 0 Å². The van der Waals surface area contributed by atoms with E-state index in [1.165, 1.54) is 0 Å². The zero-order chi connectivity index (χ0) is 10.3. The summed E-state index contributed by atoms with van der Waals surface area (Å²) in [7, 11) is 1.85. The maximum absolute atomic E-state index is 11.5. The molecule has 0 aliphatic rings. The molecule has 0 bridgehead atoms. The lowest BCUT2D eigenvalue weighted by Crippen LogP contribution is -2.35. The van der Waals surface area contributed by atoms with Crippen LogP contribution in [0.25, 0.3) is 11.0 Å². The highest BCUT2D eigenvalue weighted by Crippen LogP contribution is 2.02. The lowest BCUT2D eigenvalue weighted by atomic mass is 10.3. The van der Waals surface area contributed by atoms with Crippen LogP contribution in [0.4, 0.5) is 5.95 Å². The normalized spacial score (nSPS) is 10.7. The fourth-order valence-electron chi connectivity index (χ4n) is 1.38. The van der Waals surface area contributed by atoms with Gasteiger partial charge >= 0.3 is 11.6 Å². The molecule has 5 nitrogen and oxygen atoms in total. The molecule has 0 amide bonds. The van der Waals surface area contributed by atoms with Crippen LogP contribution < -0.4 is 15.9 Å². The molecular formula is C9H11N4O+. The van der Waals surface area contributed by atoms with Crippen LogP contribution in [0.5, 0.6) is 0 Å². The van der Waals surface area contributed by atoms with Gasteiger partial charge in [-0.05, 0) is 24.0 Å². The molecule has 14 heavy (non-hydrogen) atoms. The highest BCUT2D eigenvalue weighted by molar-refractivity contribution is 5.71. The van der Waals surface area contributed by atoms with Crippen molar-refractivity contribution >= 4 is 17.0 Å². The van der Waals surface area contributed by atoms with Gasteiger partial charge in [0.25, 0.3) is 5.56 Å². The Morgan fingerprint density at radius 2 is 2.21 bits per heavy atom. The third-order valence-corrected chi connectivity index (χ3v) is 2.29. The number of nitrogen functional groups attached to an aromatic ring is 1. The second-order valence-electron chi connectivity index (χ2n) is 3.22. The maximum Gasteiger partial charge on any atom is 0.340 e. The van der Waals surface area contributed by atoms with Crippen molar-refractivity contribution in [2.75, 3.05) is 5.73 Å². The van der Waals surface area contributed by atoms with E-state index in [4.69, 9.17) is 5.73 Å². The van der Waals surface area contributed by atoms with Gasteiger partial charge in [0.05, 0.1) is 7.05 Å². The fourth-order valence-corrected chi connectivity index (χ4v) is 1.38. The van der Waals surface area contributed by atoms with E-state index >= 15 is 0 Å². The number of aromatic nitrogens is 3. The number of aromatic amines is 1. The molecule has 0 aromatic carbocycles. The molecule has 0 saturated heterocycles. The van der Waals surface area contributed by atoms with Gasteiger partial charge in [0.2, 0.25) is 0 Å². The van der Waals surface area contributed by atoms with Crippen molar-refractivity contribution < 1.29 is 4.57 Å². The predicted molar refractivity (Wildman–Crippen MR) is 52.7 cm³/mol. The van der Waals surface area contributed by atoms with Crippen molar-refractivity contribution in [1.82, 2.24) is 9.97 Å². The van der Waals surface area contributed by atoms with E-state index in [9.17, 15) is 4.79 Å². The summed E-state index contributed by atoms with van der Waals surface area (Å²) >= 11 is 0. The van der Waals surface area contributed by atoms with E-state index in [-0.39, 0.29) is 11.5 Å². The van der Waals surface area contributed by atoms with Crippen molar-refractivity contribution in [1.29, 1.82) is 0 Å². The third-order valence-electron chi connectivity index (χ3n) is 2.29. The van der Waals surface area contributed by atoms with Crippen LogP contribution in [0.15, 0.2) is 16.9 Å². The number of nitrogens with one attached hydrogen (secondary N) is 1. The summed E-state index contributed by atoms with van der Waals surface area (Å²) in [5.41, 5.74) is 6.88. The number of hydrogen-bond acceptors (Lipinski definition) is 3. The number of anilines is 1. The first-order valence-electron chi connectivity index (χ1n) is 4.25. The topological polar surface area (TPSA) is 75.6 Å². The molecule has 0 spiro atoms. The van der Waals surface area contributed by atoms with Crippen molar-refractivity contribution in [3.8, 4) is 0 Å². The summed E-state index contributed by atoms with van der Waals surface area (Å²) in [6.07, 6.45) is 0. The summed E-state index contributed by atoms with van der Waals surface area (Å²) in [6, 6.07) is 3.62. The standard InChI is InChI=1S/C9H10N4O/c1-5-3-4-6-7(13(5)2)11-9(10)12-8(6)14/h3-4H,1-2H3,(H2,10,12,14)/p+1. The molecule has 0 aliphatic carbocycles. The number of nitrogens with two attached hydrogens (primary N) is 1. The van der Waals surface area contributed by atoms with Gasteiger partial charge in [-0.2, -0.15) is 0 Å². The second kappa shape index (κ2) is 2.80. The number of pyridine rings is 1. The molecule has 0 saturated carbocycles. The zero-order valence-electron chi connectivity index (χ0n) is 8.03. The SMILES string of the molecule is Cc1ccc2c(=O)[nH]c(N)nc2[n+]1C. The van der Waals surface area contributed by atoms with E-state index in [1.807, 2.05) is 24.6 Å². The lowest BCUT2D eigenvalue weighted by molar-refractivity contribution is -0.653. The number of fused-ring (bicyclic) bond motifs is 1. The smallest absolute Gasteiger partial charge is 0.340 e. The van der Waals surface area contributed by atoms with Gasteiger partial charge in [0.1, 0.15) is 11.1 Å². The molecule has 2 aromatic rings. The van der Waals surface area contributed by atoms with E-state index in [1.54, 1.807) is 6.07 Å². The minimum absolute atomic E-state index is 0.142. The summed E-state index contributed by atoms with van der Waals surface area (Å²) in [4.78, 5) is 18.0. The van der Waals surface area contributed by atoms with Gasteiger partial charge in [-0.15, -0.1) is 0 Å². The fraction of sp³-hybridized carbons (Fsp3) is 0.222. The molecule has 0 aliphatic heterocycles. The minimum atomic E-state index is -0.205. The summed E-state index contributed by atoms with van der Waals surface area (Å²) < 4.78 is 1.83. The largest absolute Gasteiger partial charge is 0.348 e. The molecule has 0 atom stereocenters. The van der Waals surface area contributed by atoms with Crippen LogP contribution in [-0.2, 0) is 7.05 Å². The van der Waals surface area contributed by atoms with Gasteiger partial charge in [0.15, 0.2) is 0 Å². The predicted octanol–water partition coefficient (Wildman–Crippen LogP) is -0.362. The van der Waals surface area contributed by atoms with Crippen molar-refractivity contribution in [3.05, 3.63) is 28.2 Å². The van der Waals surface area contributed by atoms with Gasteiger partial charge < -0.3 is 5.73 Å². The van der Waals surface area contributed by atoms with Crippen LogP contribution in [0.3, 0.4) is 0 Å². The summed E-state index contributed by atoms with van der Waals surface area (Å²) in [5, 5.41) is 0.548. The van der Waals surface area contributed by atoms with Crippen LogP contribution in [0, 0.1) is 6.92 Å². The minimum Gasteiger partial charge on any atom is -0.348 e. The molecule has 2 rings (SSSR count). The molecule has 72 valence electrons. The van der Waals surface area contributed by atoms with Crippen molar-refractivity contribution in [2.24, 2.45) is 7.05 Å². The Hall–Kier alpha value is -1.91. The lowest BCUT2D eigenvalue weighted by Gasteiger charge is -1.98. The first-order chi connectivity index (χ1) is 6.59. The quantitative estimate of drug-likeness (QED) is 0.558. The van der Waals surface area contributed by atoms with E-state index in [2.05, 4.69) is 9.97 Å². The van der Waals surface area contributed by atoms with Gasteiger partial charge in [-0.25, -0.2) is 4.57 Å². The number of aryl methyl sites for hydroxylation is 2. The van der Waals surface area contributed by atoms with Crippen LogP contribution in [0.1, 0.15) is 5.69 Å². The Kier molecular flexibility index (Phi) is 1.73. The van der Waals surface area contributed by atoms with Crippen LogP contribution in [0.2, 0.25) is 0 Å². The Bertz CT molecular complexity index is 558. The molecular weight excluding hydrogens is 180 g/mol. The Labute approximate surface area is 80.2 Å².